The average Bonchev–Trinajstić information content (AvgIpc) is 3.15. The molecule has 0 aliphatic heterocycles. The summed E-state index contributed by atoms with van der Waals surface area (Å²) in [6.07, 6.45) is 0. The monoisotopic (exact) mass is 498 g/mol. The number of hydrazone groups is 1. The zero-order valence-electron chi connectivity index (χ0n) is 16.6. The Kier molecular flexibility index (Phi) is 6.80. The second kappa shape index (κ2) is 9.07. The van der Waals surface area contributed by atoms with Crippen molar-refractivity contribution in [3.05, 3.63) is 40.9 Å². The number of hydrogen-bond acceptors (Lipinski definition) is 11. The predicted octanol–water partition coefficient (Wildman–Crippen LogP) is -1.11. The van der Waals surface area contributed by atoms with Gasteiger partial charge in [0.15, 0.2) is 15.7 Å². The lowest BCUT2D eigenvalue weighted by atomic mass is 9.98. The van der Waals surface area contributed by atoms with E-state index in [1.54, 1.807) is 12.1 Å². The Labute approximate surface area is 188 Å². The highest BCUT2D eigenvalue weighted by Gasteiger charge is 2.31. The van der Waals surface area contributed by atoms with Gasteiger partial charge in [0.05, 0.1) is 20.9 Å². The van der Waals surface area contributed by atoms with E-state index in [0.717, 1.165) is 10.8 Å². The van der Waals surface area contributed by atoms with Gasteiger partial charge in [0.2, 0.25) is 10.0 Å². The van der Waals surface area contributed by atoms with E-state index in [1.807, 2.05) is 11.6 Å². The van der Waals surface area contributed by atoms with Crippen molar-refractivity contribution in [2.45, 2.75) is 16.3 Å². The SMILES string of the molecule is NCCS(=O)(=O)c1ccc(-c2cccc3sc(CN)nc23)c(/C(N)=N/NN)c1S(N)(=O)=O. The molecule has 15 heteroatoms. The van der Waals surface area contributed by atoms with Gasteiger partial charge in [-0.25, -0.2) is 38.3 Å². The number of nitrogens with one attached hydrogen (secondary N) is 1. The van der Waals surface area contributed by atoms with Crippen LogP contribution in [0.3, 0.4) is 0 Å². The van der Waals surface area contributed by atoms with Crippen LogP contribution in [0.25, 0.3) is 21.3 Å². The van der Waals surface area contributed by atoms with E-state index in [2.05, 4.69) is 10.1 Å². The van der Waals surface area contributed by atoms with Crippen LogP contribution in [0.5, 0.6) is 0 Å². The number of primary sulfonamides is 1. The van der Waals surface area contributed by atoms with Gasteiger partial charge in [-0.15, -0.1) is 16.4 Å². The van der Waals surface area contributed by atoms with Gasteiger partial charge in [-0.1, -0.05) is 18.2 Å². The Bertz CT molecular complexity index is 1420. The lowest BCUT2D eigenvalue weighted by Gasteiger charge is -2.18. The highest BCUT2D eigenvalue weighted by atomic mass is 32.2. The molecule has 11 N–H and O–H groups in total. The van der Waals surface area contributed by atoms with Gasteiger partial charge < -0.3 is 17.2 Å². The van der Waals surface area contributed by atoms with Gasteiger partial charge in [-0.05, 0) is 17.7 Å². The number of sulfone groups is 1. The van der Waals surface area contributed by atoms with E-state index in [1.165, 1.54) is 17.4 Å². The highest BCUT2D eigenvalue weighted by molar-refractivity contribution is 7.93. The molecule has 3 aromatic rings. The third-order valence-electron chi connectivity index (χ3n) is 4.50. The van der Waals surface area contributed by atoms with Gasteiger partial charge >= 0.3 is 0 Å². The van der Waals surface area contributed by atoms with Crippen molar-refractivity contribution in [1.82, 2.24) is 10.5 Å². The molecular weight excluding hydrogens is 476 g/mol. The van der Waals surface area contributed by atoms with E-state index >= 15 is 0 Å². The van der Waals surface area contributed by atoms with Crippen molar-refractivity contribution < 1.29 is 16.8 Å². The van der Waals surface area contributed by atoms with Crippen LogP contribution in [-0.2, 0) is 26.4 Å². The molecule has 0 aliphatic rings. The maximum atomic E-state index is 12.8. The molecule has 0 saturated heterocycles. The Morgan fingerprint density at radius 1 is 1.09 bits per heavy atom. The normalized spacial score (nSPS) is 12.9. The van der Waals surface area contributed by atoms with Gasteiger partial charge in [-0.2, -0.15) is 0 Å². The summed E-state index contributed by atoms with van der Waals surface area (Å²) in [5, 5.41) is 9.79. The van der Waals surface area contributed by atoms with E-state index in [-0.39, 0.29) is 30.1 Å². The van der Waals surface area contributed by atoms with Crippen molar-refractivity contribution in [1.29, 1.82) is 0 Å². The molecule has 0 radical (unpaired) electrons. The summed E-state index contributed by atoms with van der Waals surface area (Å²) < 4.78 is 51.6. The number of nitrogens with zero attached hydrogens (tertiary/aromatic N) is 2. The number of benzene rings is 2. The van der Waals surface area contributed by atoms with Gasteiger partial charge in [0, 0.05) is 24.2 Å². The first-order valence-electron chi connectivity index (χ1n) is 9.05. The summed E-state index contributed by atoms with van der Waals surface area (Å²) in [6.45, 7) is -0.0115. The number of thiazole rings is 1. The van der Waals surface area contributed by atoms with E-state index < -0.39 is 35.4 Å². The standard InChI is InChI=1S/C17H22N8O4S3/c18-6-7-31(26,27)12-5-4-9(14(17(20)24-25-21)16(12)32(22,28)29)10-2-1-3-11-15(10)23-13(8-19)30-11/h1-5,25H,6-8,18-19,21H2,(H2,20,24)(H2,22,28,29). The molecule has 0 fully saturated rings. The minimum Gasteiger partial charge on any atom is -0.382 e. The van der Waals surface area contributed by atoms with Crippen LogP contribution < -0.4 is 33.7 Å². The largest absolute Gasteiger partial charge is 0.382 e. The van der Waals surface area contributed by atoms with Gasteiger partial charge in [0.1, 0.15) is 9.90 Å². The number of hydrogen-bond donors (Lipinski definition) is 6. The Balaban J connectivity index is 2.52. The minimum absolute atomic E-state index is 0.213. The van der Waals surface area contributed by atoms with Crippen molar-refractivity contribution in [3.63, 3.8) is 0 Å². The molecule has 0 unspecified atom stereocenters. The van der Waals surface area contributed by atoms with Crippen LogP contribution >= 0.6 is 11.3 Å². The molecule has 12 nitrogen and oxygen atoms in total. The Hall–Kier alpha value is -2.66. The number of hydrazine groups is 1. The number of amidine groups is 1. The fourth-order valence-electron chi connectivity index (χ4n) is 3.26. The molecule has 32 heavy (non-hydrogen) atoms. The van der Waals surface area contributed by atoms with Crippen molar-refractivity contribution in [3.8, 4) is 11.1 Å². The van der Waals surface area contributed by atoms with Crippen LogP contribution in [0, 0.1) is 0 Å². The molecule has 0 saturated carbocycles. The van der Waals surface area contributed by atoms with Gasteiger partial charge in [0.25, 0.3) is 0 Å². The lowest BCUT2D eigenvalue weighted by molar-refractivity contribution is 0.583. The molecular formula is C17H22N8O4S3. The maximum Gasteiger partial charge on any atom is 0.240 e. The highest BCUT2D eigenvalue weighted by Crippen LogP contribution is 2.37. The average molecular weight is 499 g/mol. The first kappa shape index (κ1) is 24.0. The third kappa shape index (κ3) is 4.44. The summed E-state index contributed by atoms with van der Waals surface area (Å²) in [4.78, 5) is 3.27. The van der Waals surface area contributed by atoms with Crippen molar-refractivity contribution >= 4 is 47.2 Å². The summed E-state index contributed by atoms with van der Waals surface area (Å²) in [7, 11) is -8.71. The van der Waals surface area contributed by atoms with E-state index in [9.17, 15) is 16.8 Å². The topological polar surface area (TPSA) is 236 Å². The molecule has 2 aromatic carbocycles. The zero-order valence-corrected chi connectivity index (χ0v) is 19.1. The molecule has 1 aromatic heterocycles. The Morgan fingerprint density at radius 2 is 1.81 bits per heavy atom. The summed E-state index contributed by atoms with van der Waals surface area (Å²) in [5.74, 6) is 4.36. The van der Waals surface area contributed by atoms with Crippen LogP contribution in [0.2, 0.25) is 0 Å². The number of para-hydroxylation sites is 1. The number of rotatable bonds is 8. The number of nitrogens with two attached hydrogens (primary N) is 5. The summed E-state index contributed by atoms with van der Waals surface area (Å²) in [6, 6.07) is 7.83. The zero-order chi connectivity index (χ0) is 23.7. The molecule has 0 atom stereocenters. The minimum atomic E-state index is -4.60. The van der Waals surface area contributed by atoms with Crippen LogP contribution in [0.4, 0.5) is 0 Å². The number of aromatic nitrogens is 1. The Morgan fingerprint density at radius 3 is 2.41 bits per heavy atom. The van der Waals surface area contributed by atoms with Gasteiger partial charge in [-0.3, -0.25) is 0 Å². The molecule has 172 valence electrons. The smallest absolute Gasteiger partial charge is 0.240 e. The molecule has 0 amide bonds. The lowest BCUT2D eigenvalue weighted by Crippen LogP contribution is -2.29. The first-order valence-corrected chi connectivity index (χ1v) is 13.1. The third-order valence-corrected chi connectivity index (χ3v) is 8.45. The number of fused-ring (bicyclic) bond motifs is 1. The molecule has 0 bridgehead atoms. The van der Waals surface area contributed by atoms with Crippen molar-refractivity contribution in [2.75, 3.05) is 12.3 Å². The quantitative estimate of drug-likeness (QED) is 0.0946. The van der Waals surface area contributed by atoms with Crippen molar-refractivity contribution in [2.24, 2.45) is 33.3 Å². The summed E-state index contributed by atoms with van der Waals surface area (Å²) >= 11 is 1.37. The van der Waals surface area contributed by atoms with Crippen LogP contribution in [0.1, 0.15) is 10.6 Å². The second-order valence-electron chi connectivity index (χ2n) is 6.56. The van der Waals surface area contributed by atoms with Crippen LogP contribution in [0.15, 0.2) is 45.2 Å². The fraction of sp³-hybridized carbons (Fsp3) is 0.176. The van der Waals surface area contributed by atoms with E-state index in [0.29, 0.717) is 16.1 Å². The molecule has 3 rings (SSSR count). The first-order chi connectivity index (χ1) is 15.0. The van der Waals surface area contributed by atoms with E-state index in [4.69, 9.17) is 28.2 Å². The van der Waals surface area contributed by atoms with Crippen LogP contribution in [-0.4, -0.2) is 40.0 Å². The summed E-state index contributed by atoms with van der Waals surface area (Å²) in [5.41, 5.74) is 20.2. The fourth-order valence-corrected chi connectivity index (χ4v) is 6.90. The predicted molar refractivity (Wildman–Crippen MR) is 123 cm³/mol. The molecule has 0 aliphatic carbocycles. The maximum absolute atomic E-state index is 12.8. The number of sulfonamides is 1. The molecule has 1 heterocycles. The second-order valence-corrected chi connectivity index (χ2v) is 11.2. The molecule has 0 spiro atoms.